The second kappa shape index (κ2) is 8.33. The number of carbonyl (C=O) groups is 2. The van der Waals surface area contributed by atoms with Crippen molar-refractivity contribution in [3.8, 4) is 0 Å². The van der Waals surface area contributed by atoms with E-state index in [9.17, 15) is 9.59 Å². The lowest BCUT2D eigenvalue weighted by Crippen LogP contribution is -2.39. The Kier molecular flexibility index (Phi) is 6.17. The van der Waals surface area contributed by atoms with Gasteiger partial charge >= 0.3 is 6.03 Å². The molecule has 120 valence electrons. The summed E-state index contributed by atoms with van der Waals surface area (Å²) in [5.41, 5.74) is 2.76. The third-order valence-electron chi connectivity index (χ3n) is 3.10. The number of anilines is 1. The van der Waals surface area contributed by atoms with Crippen molar-refractivity contribution in [1.82, 2.24) is 10.6 Å². The smallest absolute Gasteiger partial charge is 0.315 e. The molecule has 0 fully saturated rings. The molecule has 2 aromatic carbocycles. The zero-order valence-corrected chi connectivity index (χ0v) is 14.3. The number of urea groups is 1. The molecule has 0 saturated carbocycles. The van der Waals surface area contributed by atoms with Crippen molar-refractivity contribution in [2.45, 2.75) is 13.5 Å². The van der Waals surface area contributed by atoms with Crippen LogP contribution in [0.4, 0.5) is 10.5 Å². The Hall–Kier alpha value is -2.34. The van der Waals surface area contributed by atoms with Gasteiger partial charge < -0.3 is 16.0 Å². The van der Waals surface area contributed by atoms with E-state index in [1.54, 1.807) is 0 Å². The first kappa shape index (κ1) is 17.0. The van der Waals surface area contributed by atoms with Crippen LogP contribution in [0.15, 0.2) is 53.0 Å². The molecule has 0 saturated heterocycles. The maximum absolute atomic E-state index is 11.9. The van der Waals surface area contributed by atoms with Crippen LogP contribution in [-0.4, -0.2) is 18.5 Å². The van der Waals surface area contributed by atoms with Gasteiger partial charge in [-0.1, -0.05) is 36.4 Å². The van der Waals surface area contributed by atoms with E-state index in [2.05, 4.69) is 31.9 Å². The molecule has 0 aliphatic carbocycles. The quantitative estimate of drug-likeness (QED) is 0.750. The summed E-state index contributed by atoms with van der Waals surface area (Å²) in [6.45, 7) is 2.29. The van der Waals surface area contributed by atoms with Crippen molar-refractivity contribution in [3.63, 3.8) is 0 Å². The maximum atomic E-state index is 11.9. The fraction of sp³-hybridized carbons (Fsp3) is 0.176. The Balaban J connectivity index is 1.74. The molecule has 0 aliphatic heterocycles. The number of halogens is 1. The molecule has 0 bridgehead atoms. The number of aryl methyl sites for hydroxylation is 1. The number of amides is 3. The Morgan fingerprint density at radius 3 is 2.48 bits per heavy atom. The molecule has 0 atom stereocenters. The van der Waals surface area contributed by atoms with Gasteiger partial charge in [-0.2, -0.15) is 0 Å². The van der Waals surface area contributed by atoms with Gasteiger partial charge in [0.15, 0.2) is 0 Å². The highest BCUT2D eigenvalue weighted by Crippen LogP contribution is 2.23. The number of rotatable bonds is 5. The monoisotopic (exact) mass is 375 g/mol. The molecule has 0 aromatic heterocycles. The molecular formula is C17H18BrN3O2. The Bertz CT molecular complexity index is 689. The van der Waals surface area contributed by atoms with Gasteiger partial charge in [0.05, 0.1) is 12.2 Å². The van der Waals surface area contributed by atoms with Crippen LogP contribution < -0.4 is 16.0 Å². The predicted octanol–water partition coefficient (Wildman–Crippen LogP) is 3.20. The topological polar surface area (TPSA) is 70.2 Å². The molecule has 0 aliphatic rings. The van der Waals surface area contributed by atoms with E-state index in [1.807, 2.05) is 55.5 Å². The van der Waals surface area contributed by atoms with Gasteiger partial charge in [0.2, 0.25) is 5.91 Å². The lowest BCUT2D eigenvalue weighted by Gasteiger charge is -2.10. The summed E-state index contributed by atoms with van der Waals surface area (Å²) in [7, 11) is 0. The van der Waals surface area contributed by atoms with Crippen molar-refractivity contribution in [3.05, 3.63) is 64.1 Å². The number of hydrogen-bond donors (Lipinski definition) is 3. The molecule has 0 spiro atoms. The highest BCUT2D eigenvalue weighted by Gasteiger charge is 2.07. The molecular weight excluding hydrogens is 358 g/mol. The summed E-state index contributed by atoms with van der Waals surface area (Å²) >= 11 is 3.39. The minimum absolute atomic E-state index is 0.0963. The van der Waals surface area contributed by atoms with Crippen molar-refractivity contribution in [2.75, 3.05) is 11.9 Å². The summed E-state index contributed by atoms with van der Waals surface area (Å²) in [6.07, 6.45) is 0. The highest BCUT2D eigenvalue weighted by atomic mass is 79.9. The Morgan fingerprint density at radius 2 is 1.78 bits per heavy atom. The van der Waals surface area contributed by atoms with E-state index >= 15 is 0 Å². The molecule has 23 heavy (non-hydrogen) atoms. The standard InChI is InChI=1S/C17H18BrN3O2/c1-12-7-8-15(14(18)9-12)21-16(22)11-20-17(23)19-10-13-5-3-2-4-6-13/h2-9H,10-11H2,1H3,(H,21,22)(H2,19,20,23). The first-order chi connectivity index (χ1) is 11.0. The largest absolute Gasteiger partial charge is 0.334 e. The van der Waals surface area contributed by atoms with E-state index in [-0.39, 0.29) is 18.5 Å². The molecule has 5 nitrogen and oxygen atoms in total. The second-order valence-corrected chi connectivity index (χ2v) is 5.91. The normalized spacial score (nSPS) is 10.0. The minimum Gasteiger partial charge on any atom is -0.334 e. The maximum Gasteiger partial charge on any atom is 0.315 e. The van der Waals surface area contributed by atoms with Crippen LogP contribution in [0.3, 0.4) is 0 Å². The van der Waals surface area contributed by atoms with Crippen LogP contribution >= 0.6 is 15.9 Å². The molecule has 6 heteroatoms. The van der Waals surface area contributed by atoms with Gasteiger partial charge in [0.1, 0.15) is 0 Å². The summed E-state index contributed by atoms with van der Waals surface area (Å²) in [5.74, 6) is -0.288. The van der Waals surface area contributed by atoms with Gasteiger partial charge in [-0.3, -0.25) is 4.79 Å². The average Bonchev–Trinajstić information content (AvgIpc) is 2.54. The number of nitrogens with one attached hydrogen (secondary N) is 3. The van der Waals surface area contributed by atoms with Gasteiger partial charge in [-0.15, -0.1) is 0 Å². The summed E-state index contributed by atoms with van der Waals surface area (Å²) in [6, 6.07) is 14.8. The van der Waals surface area contributed by atoms with E-state index in [1.165, 1.54) is 0 Å². The Morgan fingerprint density at radius 1 is 1.04 bits per heavy atom. The average molecular weight is 376 g/mol. The first-order valence-electron chi connectivity index (χ1n) is 7.16. The van der Waals surface area contributed by atoms with Crippen molar-refractivity contribution in [2.24, 2.45) is 0 Å². The number of carbonyl (C=O) groups excluding carboxylic acids is 2. The molecule has 0 heterocycles. The van der Waals surface area contributed by atoms with Crippen LogP contribution in [0.2, 0.25) is 0 Å². The first-order valence-corrected chi connectivity index (χ1v) is 7.95. The number of benzene rings is 2. The van der Waals surface area contributed by atoms with Gasteiger partial charge in [0, 0.05) is 11.0 Å². The van der Waals surface area contributed by atoms with Gasteiger partial charge in [-0.05, 0) is 46.1 Å². The summed E-state index contributed by atoms with van der Waals surface area (Å²) < 4.78 is 0.805. The Labute approximate surface area is 143 Å². The van der Waals surface area contributed by atoms with Crippen molar-refractivity contribution < 1.29 is 9.59 Å². The molecule has 0 radical (unpaired) electrons. The highest BCUT2D eigenvalue weighted by molar-refractivity contribution is 9.10. The van der Waals surface area contributed by atoms with E-state index in [0.717, 1.165) is 15.6 Å². The van der Waals surface area contributed by atoms with Crippen LogP contribution in [0.25, 0.3) is 0 Å². The minimum atomic E-state index is -0.382. The lowest BCUT2D eigenvalue weighted by atomic mass is 10.2. The SMILES string of the molecule is Cc1ccc(NC(=O)CNC(=O)NCc2ccccc2)c(Br)c1. The van der Waals surface area contributed by atoms with Crippen molar-refractivity contribution in [1.29, 1.82) is 0 Å². The van der Waals surface area contributed by atoms with Crippen LogP contribution in [-0.2, 0) is 11.3 Å². The molecule has 3 amide bonds. The third-order valence-corrected chi connectivity index (χ3v) is 3.76. The van der Waals surface area contributed by atoms with Gasteiger partial charge in [0.25, 0.3) is 0 Å². The van der Waals surface area contributed by atoms with E-state index < -0.39 is 0 Å². The van der Waals surface area contributed by atoms with Crippen molar-refractivity contribution >= 4 is 33.6 Å². The third kappa shape index (κ3) is 5.75. The van der Waals surface area contributed by atoms with E-state index in [4.69, 9.17) is 0 Å². The van der Waals surface area contributed by atoms with Gasteiger partial charge in [-0.25, -0.2) is 4.79 Å². The zero-order valence-electron chi connectivity index (χ0n) is 12.7. The van der Waals surface area contributed by atoms with Crippen LogP contribution in [0.5, 0.6) is 0 Å². The van der Waals surface area contributed by atoms with Crippen LogP contribution in [0.1, 0.15) is 11.1 Å². The molecule has 0 unspecified atom stereocenters. The number of hydrogen-bond acceptors (Lipinski definition) is 2. The summed E-state index contributed by atoms with van der Waals surface area (Å²) in [4.78, 5) is 23.5. The zero-order chi connectivity index (χ0) is 16.7. The molecule has 2 aromatic rings. The molecule has 2 rings (SSSR count). The fourth-order valence-corrected chi connectivity index (χ4v) is 2.51. The lowest BCUT2D eigenvalue weighted by molar-refractivity contribution is -0.115. The van der Waals surface area contributed by atoms with E-state index in [0.29, 0.717) is 12.2 Å². The fourth-order valence-electron chi connectivity index (χ4n) is 1.92. The molecule has 3 N–H and O–H groups in total. The predicted molar refractivity (Wildman–Crippen MR) is 94.2 cm³/mol. The second-order valence-electron chi connectivity index (χ2n) is 5.05. The summed E-state index contributed by atoms with van der Waals surface area (Å²) in [5, 5.41) is 7.96. The van der Waals surface area contributed by atoms with Crippen LogP contribution in [0, 0.1) is 6.92 Å².